The van der Waals surface area contributed by atoms with E-state index in [0.717, 1.165) is 5.56 Å². The summed E-state index contributed by atoms with van der Waals surface area (Å²) in [6.45, 7) is 1.82. The molecule has 17 heavy (non-hydrogen) atoms. The molecule has 0 aliphatic carbocycles. The van der Waals surface area contributed by atoms with Gasteiger partial charge < -0.3 is 10.8 Å². The second-order valence-corrected chi connectivity index (χ2v) is 5.73. The Morgan fingerprint density at radius 1 is 1.35 bits per heavy atom. The predicted molar refractivity (Wildman–Crippen MR) is 68.0 cm³/mol. The molecule has 1 unspecified atom stereocenters. The van der Waals surface area contributed by atoms with E-state index in [1.165, 1.54) is 0 Å². The molecule has 96 valence electrons. The summed E-state index contributed by atoms with van der Waals surface area (Å²) in [4.78, 5) is 0. The molecule has 4 N–H and O–H groups in total. The van der Waals surface area contributed by atoms with E-state index in [0.29, 0.717) is 12.1 Å². The van der Waals surface area contributed by atoms with Crippen LogP contribution >= 0.6 is 0 Å². The molecule has 6 heteroatoms. The Bertz CT molecular complexity index is 438. The molecule has 1 aromatic rings. The van der Waals surface area contributed by atoms with Crippen molar-refractivity contribution in [3.63, 3.8) is 0 Å². The Balaban J connectivity index is 2.82. The number of nitrogens with one attached hydrogen (secondary N) is 1. The molecule has 1 rings (SSSR count). The Kier molecular flexibility index (Phi) is 4.92. The highest BCUT2D eigenvalue weighted by Gasteiger charge is 2.21. The molecule has 0 spiro atoms. The van der Waals surface area contributed by atoms with E-state index in [9.17, 15) is 8.42 Å². The largest absolute Gasteiger partial charge is 0.392 e. The molecule has 0 saturated carbocycles. The minimum Gasteiger partial charge on any atom is -0.392 e. The normalized spacial score (nSPS) is 13.4. The molecule has 5 nitrogen and oxygen atoms in total. The first kappa shape index (κ1) is 14.0. The minimum absolute atomic E-state index is 0.0621. The van der Waals surface area contributed by atoms with Gasteiger partial charge in [0.25, 0.3) is 0 Å². The first-order valence-electron chi connectivity index (χ1n) is 5.45. The number of hydrogen-bond acceptors (Lipinski definition) is 4. The summed E-state index contributed by atoms with van der Waals surface area (Å²) in [7, 11) is -3.43. The van der Waals surface area contributed by atoms with E-state index in [4.69, 9.17) is 10.8 Å². The highest BCUT2D eigenvalue weighted by Crippen LogP contribution is 2.14. The number of benzene rings is 1. The van der Waals surface area contributed by atoms with Crippen LogP contribution in [-0.2, 0) is 16.6 Å². The van der Waals surface area contributed by atoms with Crippen LogP contribution in [0.5, 0.6) is 0 Å². The Hall–Kier alpha value is -1.11. The Labute approximate surface area is 102 Å². The first-order chi connectivity index (χ1) is 8.03. The standard InChI is InChI=1S/C11H18N2O3S/c1-2-11(7-12)17(15,16)13-10-5-3-9(8-14)4-6-10/h3-6,11,13-14H,2,7-8,12H2,1H3. The summed E-state index contributed by atoms with van der Waals surface area (Å²) in [5, 5.41) is 8.29. The van der Waals surface area contributed by atoms with Crippen molar-refractivity contribution in [1.82, 2.24) is 0 Å². The van der Waals surface area contributed by atoms with Crippen LogP contribution in [-0.4, -0.2) is 25.3 Å². The topological polar surface area (TPSA) is 92.4 Å². The van der Waals surface area contributed by atoms with Crippen LogP contribution in [0, 0.1) is 0 Å². The van der Waals surface area contributed by atoms with Crippen molar-refractivity contribution in [2.45, 2.75) is 25.2 Å². The van der Waals surface area contributed by atoms with Gasteiger partial charge in [-0.25, -0.2) is 8.42 Å². The van der Waals surface area contributed by atoms with Crippen LogP contribution in [0.1, 0.15) is 18.9 Å². The van der Waals surface area contributed by atoms with Gasteiger partial charge >= 0.3 is 0 Å². The number of sulfonamides is 1. The number of anilines is 1. The van der Waals surface area contributed by atoms with Gasteiger partial charge in [-0.05, 0) is 24.1 Å². The molecule has 1 atom stereocenters. The van der Waals surface area contributed by atoms with Gasteiger partial charge in [0.15, 0.2) is 0 Å². The quantitative estimate of drug-likeness (QED) is 0.699. The zero-order valence-electron chi connectivity index (χ0n) is 9.76. The van der Waals surface area contributed by atoms with E-state index in [1.54, 1.807) is 31.2 Å². The molecular formula is C11H18N2O3S. The molecule has 0 bridgehead atoms. The predicted octanol–water partition coefficient (Wildman–Crippen LogP) is 0.658. The molecule has 0 saturated heterocycles. The lowest BCUT2D eigenvalue weighted by molar-refractivity contribution is 0.282. The summed E-state index contributed by atoms with van der Waals surface area (Å²) in [6, 6.07) is 6.57. The average Bonchev–Trinajstić information content (AvgIpc) is 2.30. The van der Waals surface area contributed by atoms with Crippen LogP contribution in [0.2, 0.25) is 0 Å². The third-order valence-electron chi connectivity index (χ3n) is 2.55. The zero-order chi connectivity index (χ0) is 12.9. The second kappa shape index (κ2) is 6.00. The van der Waals surface area contributed by atoms with E-state index in [2.05, 4.69) is 4.72 Å². The van der Waals surface area contributed by atoms with E-state index in [1.807, 2.05) is 0 Å². The van der Waals surface area contributed by atoms with Crippen LogP contribution in [0.25, 0.3) is 0 Å². The van der Waals surface area contributed by atoms with Gasteiger partial charge in [0.2, 0.25) is 10.0 Å². The number of aliphatic hydroxyl groups is 1. The second-order valence-electron chi connectivity index (χ2n) is 3.77. The van der Waals surface area contributed by atoms with Crippen LogP contribution in [0.15, 0.2) is 24.3 Å². The van der Waals surface area contributed by atoms with Crippen molar-refractivity contribution in [2.75, 3.05) is 11.3 Å². The molecule has 0 heterocycles. The Morgan fingerprint density at radius 2 is 1.94 bits per heavy atom. The molecule has 0 aliphatic heterocycles. The molecule has 1 aromatic carbocycles. The highest BCUT2D eigenvalue weighted by atomic mass is 32.2. The number of hydrogen-bond donors (Lipinski definition) is 3. The molecule has 0 aliphatic rings. The van der Waals surface area contributed by atoms with Gasteiger partial charge in [0, 0.05) is 12.2 Å². The van der Waals surface area contributed by atoms with Crippen molar-refractivity contribution in [1.29, 1.82) is 0 Å². The fourth-order valence-electron chi connectivity index (χ4n) is 1.44. The Morgan fingerprint density at radius 3 is 2.35 bits per heavy atom. The lowest BCUT2D eigenvalue weighted by atomic mass is 10.2. The summed E-state index contributed by atoms with van der Waals surface area (Å²) < 4.78 is 26.2. The lowest BCUT2D eigenvalue weighted by Gasteiger charge is -2.15. The van der Waals surface area contributed by atoms with E-state index >= 15 is 0 Å². The fourth-order valence-corrected chi connectivity index (χ4v) is 2.76. The maximum Gasteiger partial charge on any atom is 0.236 e. The van der Waals surface area contributed by atoms with Crippen molar-refractivity contribution >= 4 is 15.7 Å². The average molecular weight is 258 g/mol. The third kappa shape index (κ3) is 3.69. The summed E-state index contributed by atoms with van der Waals surface area (Å²) >= 11 is 0. The number of aliphatic hydroxyl groups excluding tert-OH is 1. The molecule has 0 radical (unpaired) electrons. The molecule has 0 aromatic heterocycles. The minimum atomic E-state index is -3.43. The monoisotopic (exact) mass is 258 g/mol. The van der Waals surface area contributed by atoms with Gasteiger partial charge in [0.1, 0.15) is 0 Å². The summed E-state index contributed by atoms with van der Waals surface area (Å²) in [5.74, 6) is 0. The van der Waals surface area contributed by atoms with E-state index in [-0.39, 0.29) is 13.2 Å². The van der Waals surface area contributed by atoms with Crippen molar-refractivity contribution < 1.29 is 13.5 Å². The zero-order valence-corrected chi connectivity index (χ0v) is 10.6. The SMILES string of the molecule is CCC(CN)S(=O)(=O)Nc1ccc(CO)cc1. The van der Waals surface area contributed by atoms with Gasteiger partial charge in [0.05, 0.1) is 11.9 Å². The van der Waals surface area contributed by atoms with Crippen LogP contribution in [0.3, 0.4) is 0 Å². The maximum absolute atomic E-state index is 11.9. The van der Waals surface area contributed by atoms with Crippen molar-refractivity contribution in [2.24, 2.45) is 5.73 Å². The van der Waals surface area contributed by atoms with Gasteiger partial charge in [-0.15, -0.1) is 0 Å². The highest BCUT2D eigenvalue weighted by molar-refractivity contribution is 7.93. The van der Waals surface area contributed by atoms with Crippen molar-refractivity contribution in [3.8, 4) is 0 Å². The third-order valence-corrected chi connectivity index (χ3v) is 4.48. The summed E-state index contributed by atoms with van der Waals surface area (Å²) in [6.07, 6.45) is 0.473. The molecular weight excluding hydrogens is 240 g/mol. The number of nitrogens with two attached hydrogens (primary N) is 1. The number of rotatable bonds is 6. The van der Waals surface area contributed by atoms with Gasteiger partial charge in [-0.1, -0.05) is 19.1 Å². The smallest absolute Gasteiger partial charge is 0.236 e. The van der Waals surface area contributed by atoms with Crippen LogP contribution in [0.4, 0.5) is 5.69 Å². The fraction of sp³-hybridized carbons (Fsp3) is 0.455. The van der Waals surface area contributed by atoms with Crippen molar-refractivity contribution in [3.05, 3.63) is 29.8 Å². The first-order valence-corrected chi connectivity index (χ1v) is 6.99. The maximum atomic E-state index is 11.9. The lowest BCUT2D eigenvalue weighted by Crippen LogP contribution is -2.33. The van der Waals surface area contributed by atoms with Gasteiger partial charge in [-0.2, -0.15) is 0 Å². The summed E-state index contributed by atoms with van der Waals surface area (Å²) in [5.41, 5.74) is 6.63. The molecule has 0 amide bonds. The van der Waals surface area contributed by atoms with Gasteiger partial charge in [-0.3, -0.25) is 4.72 Å². The molecule has 0 fully saturated rings. The van der Waals surface area contributed by atoms with E-state index < -0.39 is 15.3 Å². The van der Waals surface area contributed by atoms with Crippen LogP contribution < -0.4 is 10.5 Å².